The second-order valence-electron chi connectivity index (χ2n) is 4.59. The van der Waals surface area contributed by atoms with E-state index >= 15 is 0 Å². The highest BCUT2D eigenvalue weighted by atomic mass is 79.9. The van der Waals surface area contributed by atoms with E-state index in [1.807, 2.05) is 23.6 Å². The van der Waals surface area contributed by atoms with Gasteiger partial charge in [0.1, 0.15) is 0 Å². The number of hydrogen-bond acceptors (Lipinski definition) is 3. The van der Waals surface area contributed by atoms with Crippen LogP contribution in [-0.4, -0.2) is 4.98 Å². The molecule has 0 aliphatic heterocycles. The van der Waals surface area contributed by atoms with Gasteiger partial charge in [0.25, 0.3) is 0 Å². The molecule has 0 bridgehead atoms. The van der Waals surface area contributed by atoms with Gasteiger partial charge in [-0.3, -0.25) is 4.98 Å². The van der Waals surface area contributed by atoms with Crippen LogP contribution in [0.2, 0.25) is 0 Å². The molecular weight excluding hydrogens is 308 g/mol. The summed E-state index contributed by atoms with van der Waals surface area (Å²) in [7, 11) is 0. The van der Waals surface area contributed by atoms with Crippen molar-refractivity contribution in [3.8, 4) is 0 Å². The van der Waals surface area contributed by atoms with E-state index in [1.54, 1.807) is 4.88 Å². The smallest absolute Gasteiger partial charge is 0.0542 e. The van der Waals surface area contributed by atoms with Crippen molar-refractivity contribution in [2.45, 2.75) is 31.8 Å². The fourth-order valence-corrected chi connectivity index (χ4v) is 3.66. The predicted octanol–water partition coefficient (Wildman–Crippen LogP) is 4.07. The van der Waals surface area contributed by atoms with Crippen molar-refractivity contribution in [2.24, 2.45) is 0 Å². The summed E-state index contributed by atoms with van der Waals surface area (Å²) in [6, 6.07) is 6.88. The number of thiophene rings is 1. The Kier molecular flexibility index (Phi) is 3.77. The molecule has 18 heavy (non-hydrogen) atoms. The summed E-state index contributed by atoms with van der Waals surface area (Å²) in [6.07, 6.45) is 5.63. The fourth-order valence-electron chi connectivity index (χ4n) is 2.44. The summed E-state index contributed by atoms with van der Waals surface area (Å²) in [5.74, 6) is 0. The zero-order valence-electron chi connectivity index (χ0n) is 10.0. The maximum Gasteiger partial charge on any atom is 0.0542 e. The molecule has 2 aromatic rings. The lowest BCUT2D eigenvalue weighted by Crippen LogP contribution is -2.24. The van der Waals surface area contributed by atoms with E-state index in [2.05, 4.69) is 43.7 Å². The van der Waals surface area contributed by atoms with Crippen molar-refractivity contribution in [1.82, 2.24) is 10.3 Å². The number of nitrogens with one attached hydrogen (secondary N) is 1. The van der Waals surface area contributed by atoms with Crippen LogP contribution in [0.5, 0.6) is 0 Å². The minimum absolute atomic E-state index is 0.505. The number of rotatable bonds is 3. The monoisotopic (exact) mass is 322 g/mol. The van der Waals surface area contributed by atoms with E-state index in [9.17, 15) is 0 Å². The second kappa shape index (κ2) is 5.51. The molecule has 0 radical (unpaired) electrons. The van der Waals surface area contributed by atoms with Gasteiger partial charge in [-0.2, -0.15) is 0 Å². The number of hydrogen-bond donors (Lipinski definition) is 1. The third-order valence-electron chi connectivity index (χ3n) is 3.37. The SMILES string of the molecule is Brc1ccc(CNC2CCCc3sccc32)nc1. The highest BCUT2D eigenvalue weighted by Gasteiger charge is 2.20. The molecule has 2 heterocycles. The van der Waals surface area contributed by atoms with Gasteiger partial charge >= 0.3 is 0 Å². The van der Waals surface area contributed by atoms with Gasteiger partial charge in [0.15, 0.2) is 0 Å². The Morgan fingerprint density at radius 3 is 3.17 bits per heavy atom. The predicted molar refractivity (Wildman–Crippen MR) is 78.8 cm³/mol. The van der Waals surface area contributed by atoms with Gasteiger partial charge in [-0.15, -0.1) is 11.3 Å². The summed E-state index contributed by atoms with van der Waals surface area (Å²) < 4.78 is 1.03. The Hall–Kier alpha value is -0.710. The molecule has 0 spiro atoms. The molecule has 1 unspecified atom stereocenters. The first kappa shape index (κ1) is 12.3. The van der Waals surface area contributed by atoms with Crippen molar-refractivity contribution < 1.29 is 0 Å². The van der Waals surface area contributed by atoms with E-state index in [-0.39, 0.29) is 0 Å². The number of aromatic nitrogens is 1. The summed E-state index contributed by atoms with van der Waals surface area (Å²) in [4.78, 5) is 5.96. The van der Waals surface area contributed by atoms with Gasteiger partial charge in [0.2, 0.25) is 0 Å². The van der Waals surface area contributed by atoms with Gasteiger partial charge in [-0.25, -0.2) is 0 Å². The molecule has 3 rings (SSSR count). The minimum atomic E-state index is 0.505. The third-order valence-corrected chi connectivity index (χ3v) is 4.84. The average Bonchev–Trinajstić information content (AvgIpc) is 2.87. The van der Waals surface area contributed by atoms with Crippen LogP contribution in [0.4, 0.5) is 0 Å². The highest BCUT2D eigenvalue weighted by molar-refractivity contribution is 9.10. The van der Waals surface area contributed by atoms with Crippen LogP contribution in [-0.2, 0) is 13.0 Å². The van der Waals surface area contributed by atoms with Crippen molar-refractivity contribution in [2.75, 3.05) is 0 Å². The van der Waals surface area contributed by atoms with Gasteiger partial charge in [0, 0.05) is 28.1 Å². The maximum absolute atomic E-state index is 4.40. The van der Waals surface area contributed by atoms with Crippen LogP contribution in [0, 0.1) is 0 Å². The van der Waals surface area contributed by atoms with Gasteiger partial charge < -0.3 is 5.32 Å². The van der Waals surface area contributed by atoms with E-state index in [4.69, 9.17) is 0 Å². The number of pyridine rings is 1. The van der Waals surface area contributed by atoms with Crippen molar-refractivity contribution in [1.29, 1.82) is 0 Å². The lowest BCUT2D eigenvalue weighted by molar-refractivity contribution is 0.460. The zero-order valence-corrected chi connectivity index (χ0v) is 12.4. The number of aryl methyl sites for hydroxylation is 1. The molecule has 2 nitrogen and oxygen atoms in total. The van der Waals surface area contributed by atoms with Crippen molar-refractivity contribution >= 4 is 27.3 Å². The molecule has 0 saturated carbocycles. The largest absolute Gasteiger partial charge is 0.304 e. The molecule has 1 N–H and O–H groups in total. The quantitative estimate of drug-likeness (QED) is 0.921. The first-order valence-corrected chi connectivity index (χ1v) is 7.90. The van der Waals surface area contributed by atoms with Crippen LogP contribution in [0.15, 0.2) is 34.2 Å². The van der Waals surface area contributed by atoms with E-state index in [1.165, 1.54) is 24.8 Å². The summed E-state index contributed by atoms with van der Waals surface area (Å²) in [6.45, 7) is 0.841. The Bertz CT molecular complexity index is 521. The third kappa shape index (κ3) is 2.66. The zero-order chi connectivity index (χ0) is 12.4. The van der Waals surface area contributed by atoms with Gasteiger partial charge in [-0.1, -0.05) is 0 Å². The first-order chi connectivity index (χ1) is 8.83. The Labute approximate surface area is 120 Å². The molecular formula is C14H15BrN2S. The Morgan fingerprint density at radius 2 is 2.33 bits per heavy atom. The van der Waals surface area contributed by atoms with Crippen molar-refractivity contribution in [3.05, 3.63) is 50.4 Å². The lowest BCUT2D eigenvalue weighted by Gasteiger charge is -2.23. The Morgan fingerprint density at radius 1 is 1.39 bits per heavy atom. The molecule has 0 fully saturated rings. The van der Waals surface area contributed by atoms with Gasteiger partial charge in [-0.05, 0) is 64.3 Å². The van der Waals surface area contributed by atoms with Crippen LogP contribution in [0.25, 0.3) is 0 Å². The molecule has 0 aromatic carbocycles. The lowest BCUT2D eigenvalue weighted by atomic mass is 9.94. The second-order valence-corrected chi connectivity index (χ2v) is 6.51. The summed E-state index contributed by atoms with van der Waals surface area (Å²) >= 11 is 5.30. The van der Waals surface area contributed by atoms with E-state index < -0.39 is 0 Å². The highest BCUT2D eigenvalue weighted by Crippen LogP contribution is 2.33. The summed E-state index contributed by atoms with van der Waals surface area (Å²) in [5.41, 5.74) is 2.60. The van der Waals surface area contributed by atoms with Crippen LogP contribution >= 0.6 is 27.3 Å². The number of fused-ring (bicyclic) bond motifs is 1. The standard InChI is InChI=1S/C14H15BrN2S/c15-10-4-5-11(16-8-10)9-17-13-2-1-3-14-12(13)6-7-18-14/h4-8,13,17H,1-3,9H2. The van der Waals surface area contributed by atoms with E-state index in [0.29, 0.717) is 6.04 Å². The molecule has 1 aliphatic rings. The van der Waals surface area contributed by atoms with E-state index in [0.717, 1.165) is 16.7 Å². The summed E-state index contributed by atoms with van der Waals surface area (Å²) in [5, 5.41) is 5.84. The Balaban J connectivity index is 1.66. The van der Waals surface area contributed by atoms with Crippen LogP contribution in [0.3, 0.4) is 0 Å². The fraction of sp³-hybridized carbons (Fsp3) is 0.357. The number of nitrogens with zero attached hydrogens (tertiary/aromatic N) is 1. The van der Waals surface area contributed by atoms with Crippen molar-refractivity contribution in [3.63, 3.8) is 0 Å². The molecule has 0 saturated heterocycles. The van der Waals surface area contributed by atoms with Crippen LogP contribution < -0.4 is 5.32 Å². The molecule has 1 atom stereocenters. The molecule has 1 aliphatic carbocycles. The number of halogens is 1. The van der Waals surface area contributed by atoms with Crippen LogP contribution in [0.1, 0.15) is 35.0 Å². The molecule has 0 amide bonds. The maximum atomic E-state index is 4.40. The van der Waals surface area contributed by atoms with Gasteiger partial charge in [0.05, 0.1) is 5.69 Å². The molecule has 4 heteroatoms. The normalized spacial score (nSPS) is 18.6. The molecule has 2 aromatic heterocycles. The minimum Gasteiger partial charge on any atom is -0.304 e. The molecule has 94 valence electrons. The average molecular weight is 323 g/mol. The topological polar surface area (TPSA) is 24.9 Å². The first-order valence-electron chi connectivity index (χ1n) is 6.23.